The Balaban J connectivity index is 1.10. The Morgan fingerprint density at radius 3 is 2.56 bits per heavy atom. The van der Waals surface area contributed by atoms with E-state index in [1.165, 1.54) is 0 Å². The molecular weight excluding hydrogens is 408 g/mol. The van der Waals surface area contributed by atoms with Crippen molar-refractivity contribution in [3.8, 4) is 5.75 Å². The molecule has 9 nitrogen and oxygen atoms in total. The van der Waals surface area contributed by atoms with Crippen molar-refractivity contribution < 1.29 is 14.3 Å². The third kappa shape index (κ3) is 5.73. The summed E-state index contributed by atoms with van der Waals surface area (Å²) >= 11 is 0. The molecule has 3 heterocycles. The van der Waals surface area contributed by atoms with Crippen molar-refractivity contribution in [1.82, 2.24) is 20.2 Å². The van der Waals surface area contributed by atoms with E-state index in [1.54, 1.807) is 17.3 Å². The van der Waals surface area contributed by atoms with Crippen LogP contribution in [0, 0.1) is 0 Å². The first-order valence-corrected chi connectivity index (χ1v) is 11.2. The fourth-order valence-corrected chi connectivity index (χ4v) is 4.03. The van der Waals surface area contributed by atoms with E-state index in [1.807, 2.05) is 30.3 Å². The average Bonchev–Trinajstić information content (AvgIpc) is 2.85. The Labute approximate surface area is 188 Å². The maximum Gasteiger partial charge on any atom is 0.227 e. The van der Waals surface area contributed by atoms with Gasteiger partial charge < -0.3 is 19.9 Å². The highest BCUT2D eigenvalue weighted by molar-refractivity contribution is 5.97. The maximum absolute atomic E-state index is 12.6. The fraction of sp³-hybridized carbons (Fsp3) is 0.478. The molecule has 2 aromatic rings. The molecule has 0 radical (unpaired) electrons. The summed E-state index contributed by atoms with van der Waals surface area (Å²) in [6.07, 6.45) is 4.83. The van der Waals surface area contributed by atoms with Crippen molar-refractivity contribution in [3.63, 3.8) is 0 Å². The van der Waals surface area contributed by atoms with E-state index in [0.717, 1.165) is 50.8 Å². The summed E-state index contributed by atoms with van der Waals surface area (Å²) in [7, 11) is 0. The number of hydrogen-bond donors (Lipinski definition) is 1. The number of nitrogens with one attached hydrogen (secondary N) is 1. The molecule has 0 bridgehead atoms. The molecule has 9 heteroatoms. The number of nitrogens with zero attached hydrogens (tertiary/aromatic N) is 5. The number of carbonyl (C=O) groups excluding carboxylic acids is 2. The van der Waals surface area contributed by atoms with Gasteiger partial charge in [-0.25, -0.2) is 9.97 Å². The summed E-state index contributed by atoms with van der Waals surface area (Å²) in [5, 5.41) is 2.94. The number of rotatable bonds is 8. The average molecular weight is 439 g/mol. The zero-order valence-corrected chi connectivity index (χ0v) is 18.3. The predicted molar refractivity (Wildman–Crippen MR) is 122 cm³/mol. The number of ether oxygens (including phenoxy) is 1. The zero-order valence-electron chi connectivity index (χ0n) is 18.3. The minimum atomic E-state index is -0.0778. The number of para-hydroxylation sites is 2. The Morgan fingerprint density at radius 1 is 0.969 bits per heavy atom. The third-order valence-electron chi connectivity index (χ3n) is 5.78. The maximum atomic E-state index is 12.6. The summed E-state index contributed by atoms with van der Waals surface area (Å²) in [6.45, 7) is 6.28. The van der Waals surface area contributed by atoms with E-state index in [-0.39, 0.29) is 24.7 Å². The summed E-state index contributed by atoms with van der Waals surface area (Å²) in [5.74, 6) is 1.38. The lowest BCUT2D eigenvalue weighted by molar-refractivity contribution is -0.125. The van der Waals surface area contributed by atoms with Gasteiger partial charge in [0.15, 0.2) is 0 Å². The van der Waals surface area contributed by atoms with Gasteiger partial charge in [-0.05, 0) is 31.2 Å². The Bertz CT molecular complexity index is 902. The van der Waals surface area contributed by atoms with E-state index >= 15 is 0 Å². The van der Waals surface area contributed by atoms with Gasteiger partial charge in [0.25, 0.3) is 0 Å². The highest BCUT2D eigenvalue weighted by Crippen LogP contribution is 2.31. The van der Waals surface area contributed by atoms with Crippen molar-refractivity contribution in [2.45, 2.75) is 19.3 Å². The standard InChI is InChI=1S/C23H30N6O3/c30-21(7-8-22(31)29-17-18-32-20-6-2-1-5-19(20)29)24-11-4-12-27-13-15-28(16-14-27)23-25-9-3-10-26-23/h1-3,5-6,9-10H,4,7-8,11-18H2,(H,24,30). The summed E-state index contributed by atoms with van der Waals surface area (Å²) in [6, 6.07) is 9.33. The molecule has 1 aromatic carbocycles. The second kappa shape index (κ2) is 10.9. The van der Waals surface area contributed by atoms with E-state index in [9.17, 15) is 9.59 Å². The summed E-state index contributed by atoms with van der Waals surface area (Å²) in [5.41, 5.74) is 0.781. The van der Waals surface area contributed by atoms with Gasteiger partial charge in [-0.3, -0.25) is 14.5 Å². The van der Waals surface area contributed by atoms with Crippen molar-refractivity contribution in [2.75, 3.05) is 62.2 Å². The molecule has 1 N–H and O–H groups in total. The molecule has 0 saturated carbocycles. The lowest BCUT2D eigenvalue weighted by atomic mass is 10.2. The van der Waals surface area contributed by atoms with Crippen LogP contribution < -0.4 is 19.9 Å². The summed E-state index contributed by atoms with van der Waals surface area (Å²) < 4.78 is 5.59. The molecule has 32 heavy (non-hydrogen) atoms. The van der Waals surface area contributed by atoms with Crippen LogP contribution in [0.3, 0.4) is 0 Å². The van der Waals surface area contributed by atoms with Crippen molar-refractivity contribution in [1.29, 1.82) is 0 Å². The van der Waals surface area contributed by atoms with E-state index < -0.39 is 0 Å². The van der Waals surface area contributed by atoms with Gasteiger partial charge in [0.2, 0.25) is 17.8 Å². The number of benzene rings is 1. The molecule has 2 aliphatic rings. The minimum absolute atomic E-state index is 0.0452. The molecular formula is C23H30N6O3. The third-order valence-corrected chi connectivity index (χ3v) is 5.78. The van der Waals surface area contributed by atoms with Crippen LogP contribution in [0.25, 0.3) is 0 Å². The summed E-state index contributed by atoms with van der Waals surface area (Å²) in [4.78, 5) is 39.7. The number of piperazine rings is 1. The molecule has 2 aliphatic heterocycles. The number of amides is 2. The van der Waals surface area contributed by atoms with Gasteiger partial charge in [-0.2, -0.15) is 0 Å². The molecule has 2 amide bonds. The lowest BCUT2D eigenvalue weighted by Gasteiger charge is -2.34. The monoisotopic (exact) mass is 438 g/mol. The first kappa shape index (κ1) is 22.0. The van der Waals surface area contributed by atoms with Crippen LogP contribution >= 0.6 is 0 Å². The smallest absolute Gasteiger partial charge is 0.227 e. The van der Waals surface area contributed by atoms with Crippen LogP contribution in [0.2, 0.25) is 0 Å². The normalized spacial score (nSPS) is 16.2. The van der Waals surface area contributed by atoms with E-state index in [2.05, 4.69) is 25.1 Å². The largest absolute Gasteiger partial charge is 0.490 e. The first-order chi connectivity index (χ1) is 15.7. The number of aromatic nitrogens is 2. The Kier molecular flexibility index (Phi) is 7.50. The van der Waals surface area contributed by atoms with E-state index in [4.69, 9.17) is 4.74 Å². The van der Waals surface area contributed by atoms with Gasteiger partial charge in [-0.15, -0.1) is 0 Å². The molecule has 1 saturated heterocycles. The molecule has 1 aromatic heterocycles. The SMILES string of the molecule is O=C(CCC(=O)N1CCOc2ccccc21)NCCCN1CCN(c2ncccn2)CC1. The number of hydrogen-bond acceptors (Lipinski definition) is 7. The quantitative estimate of drug-likeness (QED) is 0.622. The van der Waals surface area contributed by atoms with Gasteiger partial charge >= 0.3 is 0 Å². The molecule has 4 rings (SSSR count). The number of anilines is 2. The van der Waals surface area contributed by atoms with Crippen LogP contribution in [-0.4, -0.2) is 79.1 Å². The topological polar surface area (TPSA) is 90.9 Å². The lowest BCUT2D eigenvalue weighted by Crippen LogP contribution is -2.47. The van der Waals surface area contributed by atoms with E-state index in [0.29, 0.717) is 25.4 Å². The molecule has 0 atom stereocenters. The van der Waals surface area contributed by atoms with Crippen LogP contribution in [0.15, 0.2) is 42.7 Å². The van der Waals surface area contributed by atoms with Crippen LogP contribution in [0.4, 0.5) is 11.6 Å². The number of fused-ring (bicyclic) bond motifs is 1. The minimum Gasteiger partial charge on any atom is -0.490 e. The van der Waals surface area contributed by atoms with Crippen LogP contribution in [0.5, 0.6) is 5.75 Å². The van der Waals surface area contributed by atoms with Crippen molar-refractivity contribution in [3.05, 3.63) is 42.7 Å². The number of carbonyl (C=O) groups is 2. The molecule has 0 aliphatic carbocycles. The van der Waals surface area contributed by atoms with Crippen molar-refractivity contribution in [2.24, 2.45) is 0 Å². The van der Waals surface area contributed by atoms with Gasteiger partial charge in [0, 0.05) is 58.0 Å². The zero-order chi connectivity index (χ0) is 22.2. The Morgan fingerprint density at radius 2 is 1.75 bits per heavy atom. The highest BCUT2D eigenvalue weighted by atomic mass is 16.5. The van der Waals surface area contributed by atoms with Crippen molar-refractivity contribution >= 4 is 23.5 Å². The van der Waals surface area contributed by atoms with Crippen LogP contribution in [-0.2, 0) is 9.59 Å². The molecule has 0 unspecified atom stereocenters. The van der Waals surface area contributed by atoms with Crippen LogP contribution in [0.1, 0.15) is 19.3 Å². The second-order valence-corrected chi connectivity index (χ2v) is 7.94. The second-order valence-electron chi connectivity index (χ2n) is 7.94. The first-order valence-electron chi connectivity index (χ1n) is 11.2. The Hall–Kier alpha value is -3.20. The molecule has 170 valence electrons. The predicted octanol–water partition coefficient (Wildman–Crippen LogP) is 1.31. The van der Waals surface area contributed by atoms with Gasteiger partial charge in [0.1, 0.15) is 12.4 Å². The fourth-order valence-electron chi connectivity index (χ4n) is 4.03. The van der Waals surface area contributed by atoms with Gasteiger partial charge in [0.05, 0.1) is 12.2 Å². The molecule has 1 fully saturated rings. The molecule has 0 spiro atoms. The van der Waals surface area contributed by atoms with Gasteiger partial charge in [-0.1, -0.05) is 12.1 Å². The highest BCUT2D eigenvalue weighted by Gasteiger charge is 2.23.